The van der Waals surface area contributed by atoms with Crippen LogP contribution in [0.25, 0.3) is 34.4 Å². The minimum atomic E-state index is -2.68. The van der Waals surface area contributed by atoms with Crippen LogP contribution in [0.4, 0.5) is 0 Å². The first kappa shape index (κ1) is 48.6. The van der Waals surface area contributed by atoms with E-state index in [0.29, 0.717) is 8.45 Å². The molecule has 1 aliphatic heterocycles. The first-order chi connectivity index (χ1) is 28.7. The molecule has 0 N–H and O–H groups in total. The molecular weight excluding hydrogens is 839 g/mol. The Morgan fingerprint density at radius 2 is 0.730 bits per heavy atom. The number of hydrogen-bond acceptors (Lipinski definition) is 0. The van der Waals surface area contributed by atoms with Crippen LogP contribution < -0.4 is 24.8 Å². The van der Waals surface area contributed by atoms with Gasteiger partial charge in [-0.25, -0.2) is 0 Å². The molecule has 0 bridgehead atoms. The van der Waals surface area contributed by atoms with Gasteiger partial charge in [-0.1, -0.05) is 0 Å². The van der Waals surface area contributed by atoms with E-state index < -0.39 is 16.6 Å². The third-order valence-electron chi connectivity index (χ3n) is 16.3. The maximum Gasteiger partial charge on any atom is -1.00 e. The zero-order chi connectivity index (χ0) is 43.3. The number of rotatable bonds is 6. The summed E-state index contributed by atoms with van der Waals surface area (Å²) in [4.78, 5) is 0. The van der Waals surface area contributed by atoms with Crippen molar-refractivity contribution >= 4 is 12.2 Å². The normalized spacial score (nSPS) is 21.0. The summed E-state index contributed by atoms with van der Waals surface area (Å²) >= 11 is -2.68. The molecule has 63 heavy (non-hydrogen) atoms. The van der Waals surface area contributed by atoms with Gasteiger partial charge in [0.1, 0.15) is 0 Å². The number of halogens is 2. The predicted octanol–water partition coefficient (Wildman–Crippen LogP) is 12.0. The Balaban J connectivity index is 0.00000298. The Bertz CT molecular complexity index is 2150. The third kappa shape index (κ3) is 9.22. The molecule has 1 saturated heterocycles. The Labute approximate surface area is 400 Å². The molecule has 1 heterocycles. The Kier molecular flexibility index (Phi) is 13.7. The summed E-state index contributed by atoms with van der Waals surface area (Å²) in [6.07, 6.45) is 19.6. The van der Waals surface area contributed by atoms with Gasteiger partial charge in [0, 0.05) is 0 Å². The van der Waals surface area contributed by atoms with Crippen LogP contribution in [0, 0.1) is 11.8 Å². The van der Waals surface area contributed by atoms with Crippen LogP contribution in [-0.4, -0.2) is 0 Å². The quantitative estimate of drug-likeness (QED) is 0.169. The monoisotopic (exact) mass is 916 g/mol. The van der Waals surface area contributed by atoms with Crippen LogP contribution in [0.1, 0.15) is 200 Å². The van der Waals surface area contributed by atoms with Crippen molar-refractivity contribution in [3.05, 3.63) is 128 Å². The van der Waals surface area contributed by atoms with Crippen molar-refractivity contribution in [2.45, 2.75) is 187 Å². The molecule has 0 nitrogen and oxygen atoms in total. The molecule has 2 unspecified atom stereocenters. The minimum Gasteiger partial charge on any atom is -1.00 e. The first-order valence-electron chi connectivity index (χ1n) is 24.8. The van der Waals surface area contributed by atoms with Crippen LogP contribution in [0.15, 0.2) is 83.9 Å². The van der Waals surface area contributed by atoms with Crippen molar-refractivity contribution < 1.29 is 41.4 Å². The summed E-state index contributed by atoms with van der Waals surface area (Å²) < 4.78 is 4.35. The summed E-state index contributed by atoms with van der Waals surface area (Å²) in [6.45, 7) is 28.7. The molecule has 4 aliphatic carbocycles. The molecule has 2 saturated carbocycles. The van der Waals surface area contributed by atoms with E-state index in [2.05, 4.69) is 168 Å². The van der Waals surface area contributed by atoms with E-state index in [4.69, 9.17) is 0 Å². The minimum absolute atomic E-state index is 0. The molecule has 0 aromatic heterocycles. The maximum atomic E-state index is 2.83. The van der Waals surface area contributed by atoms with Crippen LogP contribution >= 0.6 is 0 Å². The zero-order valence-corrected chi connectivity index (χ0v) is 44.2. The molecule has 0 spiro atoms. The second kappa shape index (κ2) is 17.7. The van der Waals surface area contributed by atoms with Gasteiger partial charge in [-0.3, -0.25) is 0 Å². The molecule has 336 valence electrons. The van der Waals surface area contributed by atoms with Crippen molar-refractivity contribution in [3.63, 3.8) is 0 Å². The second-order valence-electron chi connectivity index (χ2n) is 24.8. The van der Waals surface area contributed by atoms with Gasteiger partial charge in [0.25, 0.3) is 0 Å². The summed E-state index contributed by atoms with van der Waals surface area (Å²) in [7, 11) is 0. The number of fused-ring (bicyclic) bond motifs is 2. The van der Waals surface area contributed by atoms with Gasteiger partial charge in [0.2, 0.25) is 0 Å². The van der Waals surface area contributed by atoms with E-state index in [1.165, 1.54) is 118 Å². The van der Waals surface area contributed by atoms with Gasteiger partial charge in [0.15, 0.2) is 0 Å². The fourth-order valence-electron chi connectivity index (χ4n) is 12.4. The average Bonchev–Trinajstić information content (AvgIpc) is 3.73. The maximum absolute atomic E-state index is 2.83. The standard InChI is InChI=1S/2C29H37.C2H4.2ClH.Ti/c2*1-28(2,3)24-16-23(17-25(19-24)29(4,5)6)26-14-10-13-21-15-22(18-27(21)26)20-11-8-7-9-12-20;1-2;;;/h2*10,13-20H,7-9,11-12H2,1-6H3;1-2H2;2*1H;/q;;;;;+2/p-2. The average molecular weight is 918 g/mol. The summed E-state index contributed by atoms with van der Waals surface area (Å²) in [6, 6.07) is 30.4. The molecule has 4 aromatic carbocycles. The van der Waals surface area contributed by atoms with Crippen molar-refractivity contribution in [2.24, 2.45) is 11.8 Å². The Morgan fingerprint density at radius 1 is 0.413 bits per heavy atom. The summed E-state index contributed by atoms with van der Waals surface area (Å²) in [5.41, 5.74) is 22.4. The van der Waals surface area contributed by atoms with Crippen molar-refractivity contribution in [1.29, 1.82) is 0 Å². The SMILES string of the molecule is CC(C)(C)c1cc(-c2cccc3c2C=C(C2CCCCC2)[CH]3[Ti+2]2([CH]3C(C4CCCCC4)=Cc4c(-c5cc(C(C)(C)C)cc(C(C)(C)C)c5)cccc43)[CH2][CH2]2)cc(C(C)(C)C)c1.[Cl-].[Cl-]. The zero-order valence-electron chi connectivity index (χ0n) is 41.1. The second-order valence-corrected chi connectivity index (χ2v) is 32.0. The molecular formula is C60H78Cl2Ti. The van der Waals surface area contributed by atoms with Crippen molar-refractivity contribution in [2.75, 3.05) is 0 Å². The summed E-state index contributed by atoms with van der Waals surface area (Å²) in [5, 5.41) is 0. The van der Waals surface area contributed by atoms with Gasteiger partial charge < -0.3 is 24.8 Å². The predicted molar refractivity (Wildman–Crippen MR) is 263 cm³/mol. The van der Waals surface area contributed by atoms with Crippen molar-refractivity contribution in [3.8, 4) is 22.3 Å². The van der Waals surface area contributed by atoms with Crippen LogP contribution in [-0.2, 0) is 38.2 Å². The fourth-order valence-corrected chi connectivity index (χ4v) is 22.8. The van der Waals surface area contributed by atoms with E-state index in [1.807, 2.05) is 11.1 Å². The smallest absolute Gasteiger partial charge is 1.00 e. The number of hydrogen-bond donors (Lipinski definition) is 0. The Morgan fingerprint density at radius 3 is 1.02 bits per heavy atom. The molecule has 3 heteroatoms. The third-order valence-corrected chi connectivity index (χ3v) is 24.5. The molecule has 9 rings (SSSR count). The fraction of sp³-hybridized carbons (Fsp3) is 0.533. The summed E-state index contributed by atoms with van der Waals surface area (Å²) in [5.74, 6) is 1.47. The largest absolute Gasteiger partial charge is 1.00 e. The molecule has 2 atom stereocenters. The Hall–Kier alpha value is -2.35. The van der Waals surface area contributed by atoms with Crippen LogP contribution in [0.2, 0.25) is 9.45 Å². The van der Waals surface area contributed by atoms with Crippen LogP contribution in [0.3, 0.4) is 0 Å². The van der Waals surface area contributed by atoms with Gasteiger partial charge in [-0.15, -0.1) is 0 Å². The van der Waals surface area contributed by atoms with Gasteiger partial charge >= 0.3 is 378 Å². The molecule has 5 aliphatic rings. The van der Waals surface area contributed by atoms with E-state index >= 15 is 0 Å². The van der Waals surface area contributed by atoms with Crippen LogP contribution in [0.5, 0.6) is 0 Å². The van der Waals surface area contributed by atoms with Gasteiger partial charge in [-0.2, -0.15) is 0 Å². The molecule has 0 amide bonds. The molecule has 3 fully saturated rings. The van der Waals surface area contributed by atoms with E-state index in [1.54, 1.807) is 22.3 Å². The molecule has 0 radical (unpaired) electrons. The van der Waals surface area contributed by atoms with Gasteiger partial charge in [-0.05, 0) is 0 Å². The molecule has 4 aromatic rings. The van der Waals surface area contributed by atoms with Gasteiger partial charge in [0.05, 0.1) is 0 Å². The topological polar surface area (TPSA) is 0 Å². The van der Waals surface area contributed by atoms with E-state index in [-0.39, 0.29) is 46.5 Å². The van der Waals surface area contributed by atoms with E-state index in [0.717, 1.165) is 11.8 Å². The number of benzene rings is 4. The first-order valence-corrected chi connectivity index (χ1v) is 28.8. The van der Waals surface area contributed by atoms with Crippen molar-refractivity contribution in [1.82, 2.24) is 0 Å². The van der Waals surface area contributed by atoms with E-state index in [9.17, 15) is 0 Å². The number of allylic oxidation sites excluding steroid dienone is 2.